The zero-order valence-electron chi connectivity index (χ0n) is 15.9. The van der Waals surface area contributed by atoms with Gasteiger partial charge >= 0.3 is 0 Å². The Bertz CT molecular complexity index is 1040. The third-order valence-corrected chi connectivity index (χ3v) is 4.96. The molecule has 144 valence electrons. The highest BCUT2D eigenvalue weighted by molar-refractivity contribution is 6.00. The van der Waals surface area contributed by atoms with Gasteiger partial charge in [-0.05, 0) is 36.8 Å². The summed E-state index contributed by atoms with van der Waals surface area (Å²) < 4.78 is 11.1. The summed E-state index contributed by atoms with van der Waals surface area (Å²) in [5, 5.41) is 17.5. The number of rotatable bonds is 5. The minimum absolute atomic E-state index is 0.113. The number of phenolic OH excluding ortho intramolecular Hbond substituents is 1. The lowest BCUT2D eigenvalue weighted by Gasteiger charge is -2.23. The number of aromatic nitrogens is 2. The van der Waals surface area contributed by atoms with E-state index in [1.165, 1.54) is 0 Å². The van der Waals surface area contributed by atoms with Gasteiger partial charge in [0.1, 0.15) is 17.1 Å². The first-order chi connectivity index (χ1) is 13.6. The fraction of sp³-hybridized carbons (Fsp3) is 0.238. The number of para-hydroxylation sites is 1. The molecule has 0 fully saturated rings. The van der Waals surface area contributed by atoms with E-state index in [9.17, 15) is 9.90 Å². The topological polar surface area (TPSA) is 87.7 Å². The number of fused-ring (bicyclic) bond motifs is 1. The Morgan fingerprint density at radius 3 is 2.71 bits per heavy atom. The van der Waals surface area contributed by atoms with Crippen LogP contribution in [0.15, 0.2) is 42.5 Å². The van der Waals surface area contributed by atoms with E-state index >= 15 is 0 Å². The second kappa shape index (κ2) is 6.92. The van der Waals surface area contributed by atoms with Gasteiger partial charge in [-0.1, -0.05) is 18.2 Å². The number of aromatic amines is 1. The number of carbonyl (C=O) groups is 1. The van der Waals surface area contributed by atoms with E-state index < -0.39 is 0 Å². The number of nitrogens with one attached hydrogen (secondary N) is 1. The largest absolute Gasteiger partial charge is 0.507 e. The van der Waals surface area contributed by atoms with Crippen LogP contribution in [0.1, 0.15) is 34.6 Å². The van der Waals surface area contributed by atoms with Crippen molar-refractivity contribution in [2.75, 3.05) is 20.8 Å². The molecule has 0 saturated heterocycles. The Hall–Kier alpha value is -3.48. The van der Waals surface area contributed by atoms with Gasteiger partial charge in [-0.2, -0.15) is 5.10 Å². The molecule has 0 bridgehead atoms. The van der Waals surface area contributed by atoms with Crippen LogP contribution in [-0.4, -0.2) is 46.9 Å². The quantitative estimate of drug-likeness (QED) is 0.710. The predicted octanol–water partition coefficient (Wildman–Crippen LogP) is 3.36. The number of amides is 1. The smallest absolute Gasteiger partial charge is 0.272 e. The molecule has 2 aromatic carbocycles. The van der Waals surface area contributed by atoms with Gasteiger partial charge in [0, 0.05) is 18.2 Å². The lowest BCUT2D eigenvalue weighted by Crippen LogP contribution is -2.24. The van der Waals surface area contributed by atoms with Crippen LogP contribution >= 0.6 is 0 Å². The zero-order valence-corrected chi connectivity index (χ0v) is 15.9. The van der Waals surface area contributed by atoms with E-state index in [1.807, 2.05) is 31.2 Å². The predicted molar refractivity (Wildman–Crippen MR) is 104 cm³/mol. The van der Waals surface area contributed by atoms with E-state index in [4.69, 9.17) is 9.47 Å². The van der Waals surface area contributed by atoms with E-state index in [1.54, 1.807) is 37.3 Å². The Kier molecular flexibility index (Phi) is 4.43. The molecule has 2 N–H and O–H groups in total. The second-order valence-corrected chi connectivity index (χ2v) is 6.54. The lowest BCUT2D eigenvalue weighted by atomic mass is 9.95. The molecule has 0 aliphatic carbocycles. The summed E-state index contributed by atoms with van der Waals surface area (Å²) in [5.74, 6) is 1.21. The van der Waals surface area contributed by atoms with Crippen molar-refractivity contribution < 1.29 is 19.4 Å². The van der Waals surface area contributed by atoms with Crippen LogP contribution in [0.3, 0.4) is 0 Å². The number of aromatic hydroxyl groups is 1. The first kappa shape index (κ1) is 17.9. The maximum Gasteiger partial charge on any atom is 0.272 e. The molecule has 0 saturated carbocycles. The summed E-state index contributed by atoms with van der Waals surface area (Å²) in [6.45, 7) is 2.44. The van der Waals surface area contributed by atoms with Gasteiger partial charge in [0.05, 0.1) is 19.8 Å². The fourth-order valence-electron chi connectivity index (χ4n) is 3.67. The van der Waals surface area contributed by atoms with Crippen molar-refractivity contribution in [2.24, 2.45) is 0 Å². The van der Waals surface area contributed by atoms with Gasteiger partial charge in [-0.3, -0.25) is 9.89 Å². The molecule has 1 aromatic heterocycles. The van der Waals surface area contributed by atoms with Gasteiger partial charge in [-0.25, -0.2) is 0 Å². The number of methoxy groups -OCH3 is 1. The number of benzene rings is 2. The molecule has 7 nitrogen and oxygen atoms in total. The Morgan fingerprint density at radius 2 is 2.00 bits per heavy atom. The standard InChI is InChI=1S/C21H21N3O4/c1-4-28-15-10-9-12(11-16(15)27-3)20-17-18(13-7-5-6-8-14(13)25)22-23-19(17)21(26)24(20)2/h5-11,20,25H,4H2,1-3H3,(H,22,23). The van der Waals surface area contributed by atoms with Crippen molar-refractivity contribution in [1.82, 2.24) is 15.1 Å². The first-order valence-electron chi connectivity index (χ1n) is 9.01. The van der Waals surface area contributed by atoms with Gasteiger partial charge in [0.2, 0.25) is 0 Å². The van der Waals surface area contributed by atoms with Crippen LogP contribution in [0.2, 0.25) is 0 Å². The zero-order chi connectivity index (χ0) is 19.8. The third kappa shape index (κ3) is 2.67. The van der Waals surface area contributed by atoms with Crippen molar-refractivity contribution in [3.8, 4) is 28.5 Å². The number of phenols is 1. The van der Waals surface area contributed by atoms with Crippen LogP contribution in [0.25, 0.3) is 11.3 Å². The summed E-state index contributed by atoms with van der Waals surface area (Å²) in [6.07, 6.45) is 0. The maximum absolute atomic E-state index is 12.8. The summed E-state index contributed by atoms with van der Waals surface area (Å²) in [6, 6.07) is 12.2. The van der Waals surface area contributed by atoms with Crippen LogP contribution < -0.4 is 9.47 Å². The minimum atomic E-state index is -0.361. The van der Waals surface area contributed by atoms with Crippen molar-refractivity contribution in [3.05, 3.63) is 59.3 Å². The number of nitrogens with zero attached hydrogens (tertiary/aromatic N) is 2. The van der Waals surface area contributed by atoms with Crippen molar-refractivity contribution in [3.63, 3.8) is 0 Å². The summed E-state index contributed by atoms with van der Waals surface area (Å²) in [5.41, 5.74) is 3.17. The van der Waals surface area contributed by atoms with Gasteiger partial charge < -0.3 is 19.5 Å². The summed E-state index contributed by atoms with van der Waals surface area (Å²) in [7, 11) is 3.33. The first-order valence-corrected chi connectivity index (χ1v) is 9.01. The van der Waals surface area contributed by atoms with Gasteiger partial charge in [0.25, 0.3) is 5.91 Å². The van der Waals surface area contributed by atoms with Gasteiger partial charge in [-0.15, -0.1) is 0 Å². The molecule has 1 atom stereocenters. The highest BCUT2D eigenvalue weighted by atomic mass is 16.5. The van der Waals surface area contributed by atoms with Crippen molar-refractivity contribution in [1.29, 1.82) is 0 Å². The number of carbonyl (C=O) groups excluding carboxylic acids is 1. The number of hydrogen-bond acceptors (Lipinski definition) is 5. The second-order valence-electron chi connectivity index (χ2n) is 6.54. The Labute approximate surface area is 162 Å². The lowest BCUT2D eigenvalue weighted by molar-refractivity contribution is 0.0787. The molecule has 1 aliphatic rings. The molecule has 1 unspecified atom stereocenters. The molecule has 28 heavy (non-hydrogen) atoms. The van der Waals surface area contributed by atoms with Crippen molar-refractivity contribution >= 4 is 5.91 Å². The van der Waals surface area contributed by atoms with E-state index in [0.29, 0.717) is 35.1 Å². The summed E-state index contributed by atoms with van der Waals surface area (Å²) in [4.78, 5) is 14.4. The molecule has 4 rings (SSSR count). The van der Waals surface area contributed by atoms with E-state index in [-0.39, 0.29) is 17.7 Å². The average molecular weight is 379 g/mol. The third-order valence-electron chi connectivity index (χ3n) is 4.96. The molecule has 7 heteroatoms. The fourth-order valence-corrected chi connectivity index (χ4v) is 3.67. The molecular formula is C21H21N3O4. The molecule has 1 amide bonds. The normalized spacial score (nSPS) is 15.6. The Balaban J connectivity index is 1.86. The molecule has 2 heterocycles. The van der Waals surface area contributed by atoms with Crippen LogP contribution in [0, 0.1) is 0 Å². The molecule has 3 aromatic rings. The van der Waals surface area contributed by atoms with E-state index in [0.717, 1.165) is 11.1 Å². The van der Waals surface area contributed by atoms with Crippen molar-refractivity contribution in [2.45, 2.75) is 13.0 Å². The van der Waals surface area contributed by atoms with Crippen LogP contribution in [0.5, 0.6) is 17.2 Å². The Morgan fingerprint density at radius 1 is 1.21 bits per heavy atom. The van der Waals surface area contributed by atoms with Crippen LogP contribution in [-0.2, 0) is 0 Å². The summed E-state index contributed by atoms with van der Waals surface area (Å²) >= 11 is 0. The van der Waals surface area contributed by atoms with Gasteiger partial charge in [0.15, 0.2) is 11.5 Å². The van der Waals surface area contributed by atoms with Crippen LogP contribution in [0.4, 0.5) is 0 Å². The number of hydrogen-bond donors (Lipinski definition) is 2. The average Bonchev–Trinajstić information content (AvgIpc) is 3.22. The monoisotopic (exact) mass is 379 g/mol. The number of ether oxygens (including phenoxy) is 2. The van der Waals surface area contributed by atoms with E-state index in [2.05, 4.69) is 10.2 Å². The highest BCUT2D eigenvalue weighted by Crippen LogP contribution is 2.45. The molecule has 0 spiro atoms. The maximum atomic E-state index is 12.8. The minimum Gasteiger partial charge on any atom is -0.507 e. The molecule has 1 aliphatic heterocycles. The highest BCUT2D eigenvalue weighted by Gasteiger charge is 2.40. The molecular weight excluding hydrogens is 358 g/mol. The number of H-pyrrole nitrogens is 1. The SMILES string of the molecule is CCOc1ccc(C2c3c(-c4ccccc4O)n[nH]c3C(=O)N2C)cc1OC. The molecule has 0 radical (unpaired) electrons.